The van der Waals surface area contributed by atoms with Gasteiger partial charge in [0.05, 0.1) is 23.0 Å². The molecule has 6 heteroatoms. The van der Waals surface area contributed by atoms with Crippen molar-refractivity contribution in [2.75, 3.05) is 18.6 Å². The molecule has 0 aromatic heterocycles. The van der Waals surface area contributed by atoms with Gasteiger partial charge in [0.25, 0.3) is 0 Å². The van der Waals surface area contributed by atoms with Crippen LogP contribution in [0.5, 0.6) is 11.5 Å². The van der Waals surface area contributed by atoms with Crippen LogP contribution in [-0.2, 0) is 0 Å². The molecule has 4 nitrogen and oxygen atoms in total. The third kappa shape index (κ3) is 5.39. The molecule has 0 aliphatic carbocycles. The largest absolute Gasteiger partial charge is 0.490 e. The van der Waals surface area contributed by atoms with Gasteiger partial charge in [0, 0.05) is 4.47 Å². The SMILES string of the molecule is C=CCOc1c(Br)cc(C=NNc2ccc(Br)cc2)cc1OCC. The molecule has 2 aromatic rings. The summed E-state index contributed by atoms with van der Waals surface area (Å²) in [5, 5.41) is 4.25. The van der Waals surface area contributed by atoms with Crippen LogP contribution in [0.3, 0.4) is 0 Å². The molecular formula is C18H18Br2N2O2. The number of hydrogen-bond donors (Lipinski definition) is 1. The van der Waals surface area contributed by atoms with Gasteiger partial charge in [-0.15, -0.1) is 0 Å². The highest BCUT2D eigenvalue weighted by Crippen LogP contribution is 2.36. The minimum absolute atomic E-state index is 0.414. The third-order valence-corrected chi connectivity index (χ3v) is 4.05. The van der Waals surface area contributed by atoms with Crippen LogP contribution in [0.1, 0.15) is 12.5 Å². The van der Waals surface area contributed by atoms with E-state index in [4.69, 9.17) is 9.47 Å². The Labute approximate surface area is 158 Å². The molecule has 2 aromatic carbocycles. The second-order valence-electron chi connectivity index (χ2n) is 4.74. The molecule has 126 valence electrons. The van der Waals surface area contributed by atoms with Crippen molar-refractivity contribution in [1.29, 1.82) is 0 Å². The fourth-order valence-electron chi connectivity index (χ4n) is 1.91. The molecule has 0 fully saturated rings. The van der Waals surface area contributed by atoms with E-state index < -0.39 is 0 Å². The molecule has 2 rings (SSSR count). The number of benzene rings is 2. The quantitative estimate of drug-likeness (QED) is 0.320. The average Bonchev–Trinajstić information content (AvgIpc) is 2.56. The molecule has 0 aliphatic heterocycles. The molecule has 1 N–H and O–H groups in total. The highest BCUT2D eigenvalue weighted by Gasteiger charge is 2.11. The van der Waals surface area contributed by atoms with E-state index in [0.29, 0.717) is 24.7 Å². The van der Waals surface area contributed by atoms with E-state index in [1.54, 1.807) is 12.3 Å². The lowest BCUT2D eigenvalue weighted by Gasteiger charge is -2.13. The molecule has 0 bridgehead atoms. The summed E-state index contributed by atoms with van der Waals surface area (Å²) in [5.41, 5.74) is 4.78. The smallest absolute Gasteiger partial charge is 0.175 e. The number of nitrogens with zero attached hydrogens (tertiary/aromatic N) is 1. The first-order valence-corrected chi connectivity index (χ1v) is 8.97. The number of hydrogen-bond acceptors (Lipinski definition) is 4. The van der Waals surface area contributed by atoms with Crippen molar-refractivity contribution in [2.24, 2.45) is 5.10 Å². The highest BCUT2D eigenvalue weighted by molar-refractivity contribution is 9.10. The van der Waals surface area contributed by atoms with Gasteiger partial charge in [-0.05, 0) is 64.8 Å². The van der Waals surface area contributed by atoms with Crippen LogP contribution in [0.25, 0.3) is 0 Å². The molecule has 0 heterocycles. The van der Waals surface area contributed by atoms with Gasteiger partial charge in [0.15, 0.2) is 11.5 Å². The van der Waals surface area contributed by atoms with E-state index in [-0.39, 0.29) is 0 Å². The van der Waals surface area contributed by atoms with Gasteiger partial charge in [-0.25, -0.2) is 0 Å². The van der Waals surface area contributed by atoms with Gasteiger partial charge < -0.3 is 9.47 Å². The zero-order valence-corrected chi connectivity index (χ0v) is 16.4. The summed E-state index contributed by atoms with van der Waals surface area (Å²) in [6.07, 6.45) is 3.42. The number of hydrazone groups is 1. The monoisotopic (exact) mass is 452 g/mol. The zero-order chi connectivity index (χ0) is 17.4. The summed E-state index contributed by atoms with van der Waals surface area (Å²) in [6.45, 7) is 6.56. The molecular weight excluding hydrogens is 436 g/mol. The summed E-state index contributed by atoms with van der Waals surface area (Å²) in [5.74, 6) is 1.33. The Morgan fingerprint density at radius 1 is 1.17 bits per heavy atom. The van der Waals surface area contributed by atoms with Gasteiger partial charge in [-0.1, -0.05) is 28.6 Å². The topological polar surface area (TPSA) is 42.8 Å². The standard InChI is InChI=1S/C18H18Br2N2O2/c1-3-9-24-18-16(20)10-13(11-17(18)23-4-2)12-21-22-15-7-5-14(19)6-8-15/h3,5-8,10-12,22H,1,4,9H2,2H3. The Morgan fingerprint density at radius 2 is 1.92 bits per heavy atom. The third-order valence-electron chi connectivity index (χ3n) is 2.93. The number of halogens is 2. The van der Waals surface area contributed by atoms with Gasteiger partial charge in [-0.2, -0.15) is 5.10 Å². The zero-order valence-electron chi connectivity index (χ0n) is 13.3. The van der Waals surface area contributed by atoms with Gasteiger partial charge in [0.2, 0.25) is 0 Å². The lowest BCUT2D eigenvalue weighted by Crippen LogP contribution is -2.01. The van der Waals surface area contributed by atoms with Crippen molar-refractivity contribution in [3.63, 3.8) is 0 Å². The molecule has 0 unspecified atom stereocenters. The Kier molecular flexibility index (Phi) is 7.34. The maximum absolute atomic E-state index is 5.66. The first-order chi connectivity index (χ1) is 11.6. The number of nitrogens with one attached hydrogen (secondary N) is 1. The van der Waals surface area contributed by atoms with E-state index in [0.717, 1.165) is 20.2 Å². The van der Waals surface area contributed by atoms with Crippen molar-refractivity contribution in [1.82, 2.24) is 0 Å². The first-order valence-electron chi connectivity index (χ1n) is 7.38. The second-order valence-corrected chi connectivity index (χ2v) is 6.51. The number of ether oxygens (including phenoxy) is 2. The molecule has 24 heavy (non-hydrogen) atoms. The molecule has 0 aliphatic rings. The molecule has 0 spiro atoms. The Balaban J connectivity index is 2.15. The lowest BCUT2D eigenvalue weighted by molar-refractivity contribution is 0.295. The van der Waals surface area contributed by atoms with Crippen molar-refractivity contribution < 1.29 is 9.47 Å². The lowest BCUT2D eigenvalue weighted by atomic mass is 10.2. The summed E-state index contributed by atoms with van der Waals surface area (Å²) in [4.78, 5) is 0. The molecule has 0 saturated carbocycles. The van der Waals surface area contributed by atoms with E-state index in [1.165, 1.54) is 0 Å². The molecule has 0 amide bonds. The molecule has 0 saturated heterocycles. The van der Waals surface area contributed by atoms with E-state index in [2.05, 4.69) is 49.0 Å². The maximum Gasteiger partial charge on any atom is 0.175 e. The van der Waals surface area contributed by atoms with Gasteiger partial charge in [0.1, 0.15) is 6.61 Å². The molecule has 0 atom stereocenters. The highest BCUT2D eigenvalue weighted by atomic mass is 79.9. The van der Waals surface area contributed by atoms with E-state index in [1.807, 2.05) is 43.3 Å². The maximum atomic E-state index is 5.66. The van der Waals surface area contributed by atoms with Gasteiger partial charge in [-0.3, -0.25) is 5.43 Å². The fraction of sp³-hybridized carbons (Fsp3) is 0.167. The minimum Gasteiger partial charge on any atom is -0.490 e. The molecule has 0 radical (unpaired) electrons. The van der Waals surface area contributed by atoms with Crippen LogP contribution in [-0.4, -0.2) is 19.4 Å². The van der Waals surface area contributed by atoms with Crippen molar-refractivity contribution in [2.45, 2.75) is 6.92 Å². The van der Waals surface area contributed by atoms with Crippen LogP contribution in [0.2, 0.25) is 0 Å². The average molecular weight is 454 g/mol. The second kappa shape index (κ2) is 9.49. The van der Waals surface area contributed by atoms with Crippen LogP contribution in [0, 0.1) is 0 Å². The summed E-state index contributed by atoms with van der Waals surface area (Å²) in [6, 6.07) is 11.6. The fourth-order valence-corrected chi connectivity index (χ4v) is 2.75. The van der Waals surface area contributed by atoms with Gasteiger partial charge >= 0.3 is 0 Å². The Bertz CT molecular complexity index is 716. The van der Waals surface area contributed by atoms with Crippen molar-refractivity contribution in [3.05, 3.63) is 63.6 Å². The number of anilines is 1. The normalized spacial score (nSPS) is 10.6. The van der Waals surface area contributed by atoms with Crippen LogP contribution >= 0.6 is 31.9 Å². The summed E-state index contributed by atoms with van der Waals surface area (Å²) in [7, 11) is 0. The Hall–Kier alpha value is -1.79. The number of rotatable bonds is 8. The predicted molar refractivity (Wildman–Crippen MR) is 106 cm³/mol. The van der Waals surface area contributed by atoms with E-state index in [9.17, 15) is 0 Å². The summed E-state index contributed by atoms with van der Waals surface area (Å²) < 4.78 is 13.1. The minimum atomic E-state index is 0.414. The Morgan fingerprint density at radius 3 is 2.58 bits per heavy atom. The van der Waals surface area contributed by atoms with Crippen molar-refractivity contribution in [3.8, 4) is 11.5 Å². The van der Waals surface area contributed by atoms with Crippen molar-refractivity contribution >= 4 is 43.8 Å². The predicted octanol–water partition coefficient (Wildman–Crippen LogP) is 5.62. The van der Waals surface area contributed by atoms with Crippen LogP contribution in [0.4, 0.5) is 5.69 Å². The van der Waals surface area contributed by atoms with Crippen LogP contribution in [0.15, 0.2) is 63.1 Å². The van der Waals surface area contributed by atoms with E-state index >= 15 is 0 Å². The first kappa shape index (κ1) is 18.5. The van der Waals surface area contributed by atoms with Crippen LogP contribution < -0.4 is 14.9 Å². The summed E-state index contributed by atoms with van der Waals surface area (Å²) >= 11 is 6.92.